The van der Waals surface area contributed by atoms with E-state index >= 15 is 0 Å². The maximum absolute atomic E-state index is 11.8. The molecule has 0 radical (unpaired) electrons. The van der Waals surface area contributed by atoms with Crippen LogP contribution in [0.2, 0.25) is 0 Å². The Hall–Kier alpha value is -2.96. The van der Waals surface area contributed by atoms with Crippen LogP contribution in [0.4, 0.5) is 0 Å². The third-order valence-corrected chi connectivity index (χ3v) is 4.98. The molecule has 1 aliphatic carbocycles. The second kappa shape index (κ2) is 6.64. The maximum Gasteiger partial charge on any atom is 0.227 e. The third kappa shape index (κ3) is 3.37. The van der Waals surface area contributed by atoms with Crippen LogP contribution in [-0.2, 0) is 18.3 Å². The zero-order valence-electron chi connectivity index (χ0n) is 16.2. The average molecular weight is 364 g/mol. The molecule has 0 bridgehead atoms. The number of hydrogen-bond donors (Lipinski definition) is 1. The fourth-order valence-electron chi connectivity index (χ4n) is 3.30. The van der Waals surface area contributed by atoms with Gasteiger partial charge in [0.05, 0.1) is 12.1 Å². The minimum absolute atomic E-state index is 0.112. The van der Waals surface area contributed by atoms with Crippen LogP contribution in [0, 0.1) is 13.8 Å². The van der Waals surface area contributed by atoms with Crippen LogP contribution in [0.25, 0.3) is 17.2 Å². The zero-order chi connectivity index (χ0) is 19.1. The molecule has 0 unspecified atom stereocenters. The fraction of sp³-hybridized carbons (Fsp3) is 0.400. The van der Waals surface area contributed by atoms with Crippen molar-refractivity contribution in [3.63, 3.8) is 0 Å². The summed E-state index contributed by atoms with van der Waals surface area (Å²) in [5.41, 5.74) is 5.21. The van der Waals surface area contributed by atoms with Crippen molar-refractivity contribution in [1.29, 1.82) is 0 Å². The van der Waals surface area contributed by atoms with Crippen LogP contribution in [0.1, 0.15) is 41.4 Å². The summed E-state index contributed by atoms with van der Waals surface area (Å²) < 4.78 is 3.76. The summed E-state index contributed by atoms with van der Waals surface area (Å²) in [5, 5.41) is 12.0. The number of nitrogens with zero attached hydrogens (tertiary/aromatic N) is 5. The smallest absolute Gasteiger partial charge is 0.227 e. The predicted molar refractivity (Wildman–Crippen MR) is 103 cm³/mol. The van der Waals surface area contributed by atoms with Gasteiger partial charge in [-0.1, -0.05) is 12.1 Å². The Kier molecular flexibility index (Phi) is 4.30. The molecule has 2 aromatic heterocycles. The lowest BCUT2D eigenvalue weighted by Crippen LogP contribution is -2.20. The molecule has 1 N–H and O–H groups in total. The van der Waals surface area contributed by atoms with Crippen molar-refractivity contribution in [1.82, 2.24) is 29.9 Å². The first kappa shape index (κ1) is 17.5. The number of carbonyl (C=O) groups excluding carboxylic acids is 1. The van der Waals surface area contributed by atoms with Gasteiger partial charge in [0.2, 0.25) is 5.91 Å². The fourth-order valence-corrected chi connectivity index (χ4v) is 3.30. The summed E-state index contributed by atoms with van der Waals surface area (Å²) in [6.07, 6.45) is 2.57. The first-order chi connectivity index (χ1) is 13.0. The summed E-state index contributed by atoms with van der Waals surface area (Å²) in [5.74, 6) is 1.65. The van der Waals surface area contributed by atoms with Gasteiger partial charge < -0.3 is 5.32 Å². The van der Waals surface area contributed by atoms with Crippen LogP contribution >= 0.6 is 0 Å². The summed E-state index contributed by atoms with van der Waals surface area (Å²) in [4.78, 5) is 16.5. The number of carbonyl (C=O) groups is 1. The quantitative estimate of drug-likeness (QED) is 0.754. The summed E-state index contributed by atoms with van der Waals surface area (Å²) >= 11 is 0. The van der Waals surface area contributed by atoms with Crippen LogP contribution < -0.4 is 5.32 Å². The number of likely N-dealkylation sites (N-methyl/N-ethyl adjacent to an activating group) is 1. The van der Waals surface area contributed by atoms with E-state index in [1.54, 1.807) is 7.05 Å². The minimum Gasteiger partial charge on any atom is -0.359 e. The summed E-state index contributed by atoms with van der Waals surface area (Å²) in [7, 11) is 3.59. The van der Waals surface area contributed by atoms with Gasteiger partial charge in [0.1, 0.15) is 5.69 Å². The SMILES string of the molecule is CNC(=O)Cc1nc(-c2cc(C3CC3)n(C)n2)n(-c2cc(C)ccc2C)n1. The van der Waals surface area contributed by atoms with Crippen molar-refractivity contribution in [3.05, 3.63) is 46.9 Å². The van der Waals surface area contributed by atoms with Gasteiger partial charge in [-0.3, -0.25) is 9.48 Å². The molecule has 1 aromatic carbocycles. The molecule has 3 aromatic rings. The number of rotatable bonds is 5. The average Bonchev–Trinajstić information content (AvgIpc) is 3.29. The second-order valence-electron chi connectivity index (χ2n) is 7.26. The molecule has 1 aliphatic rings. The highest BCUT2D eigenvalue weighted by molar-refractivity contribution is 5.77. The molecule has 1 amide bonds. The van der Waals surface area contributed by atoms with E-state index in [0.717, 1.165) is 22.5 Å². The number of aromatic nitrogens is 5. The first-order valence-electron chi connectivity index (χ1n) is 9.24. The van der Waals surface area contributed by atoms with Gasteiger partial charge in [-0.15, -0.1) is 0 Å². The van der Waals surface area contributed by atoms with E-state index in [-0.39, 0.29) is 12.3 Å². The van der Waals surface area contributed by atoms with E-state index in [4.69, 9.17) is 0 Å². The minimum atomic E-state index is -0.112. The van der Waals surface area contributed by atoms with Gasteiger partial charge in [0.25, 0.3) is 0 Å². The van der Waals surface area contributed by atoms with Gasteiger partial charge in [-0.2, -0.15) is 10.2 Å². The molecule has 7 heteroatoms. The molecule has 1 fully saturated rings. The predicted octanol–water partition coefficient (Wildman–Crippen LogP) is 2.45. The monoisotopic (exact) mass is 364 g/mol. The van der Waals surface area contributed by atoms with Crippen LogP contribution in [-0.4, -0.2) is 37.5 Å². The largest absolute Gasteiger partial charge is 0.359 e. The van der Waals surface area contributed by atoms with Crippen molar-refractivity contribution in [2.45, 2.75) is 39.0 Å². The van der Waals surface area contributed by atoms with Crippen molar-refractivity contribution < 1.29 is 4.79 Å². The van der Waals surface area contributed by atoms with Gasteiger partial charge >= 0.3 is 0 Å². The lowest BCUT2D eigenvalue weighted by atomic mass is 10.1. The van der Waals surface area contributed by atoms with E-state index in [0.29, 0.717) is 17.6 Å². The standard InChI is InChI=1S/C20H24N6O/c1-12-5-6-13(2)16(9-12)26-20(22-18(24-26)11-19(27)21-3)15-10-17(14-7-8-14)25(4)23-15/h5-6,9-10,14H,7-8,11H2,1-4H3,(H,21,27). The second-order valence-corrected chi connectivity index (χ2v) is 7.26. The number of benzene rings is 1. The highest BCUT2D eigenvalue weighted by Gasteiger charge is 2.28. The lowest BCUT2D eigenvalue weighted by Gasteiger charge is -2.09. The molecular formula is C20H24N6O. The van der Waals surface area contributed by atoms with E-state index in [1.807, 2.05) is 23.3 Å². The van der Waals surface area contributed by atoms with Gasteiger partial charge in [-0.05, 0) is 49.9 Å². The topological polar surface area (TPSA) is 77.6 Å². The van der Waals surface area contributed by atoms with Crippen LogP contribution in [0.3, 0.4) is 0 Å². The highest BCUT2D eigenvalue weighted by atomic mass is 16.1. The molecule has 7 nitrogen and oxygen atoms in total. The van der Waals surface area contributed by atoms with Crippen molar-refractivity contribution >= 4 is 5.91 Å². The van der Waals surface area contributed by atoms with E-state index in [9.17, 15) is 4.79 Å². The van der Waals surface area contributed by atoms with E-state index in [2.05, 4.69) is 51.7 Å². The van der Waals surface area contributed by atoms with Crippen molar-refractivity contribution in [3.8, 4) is 17.2 Å². The Labute approximate surface area is 158 Å². The summed E-state index contributed by atoms with van der Waals surface area (Å²) in [6, 6.07) is 8.34. The van der Waals surface area contributed by atoms with E-state index < -0.39 is 0 Å². The summed E-state index contributed by atoms with van der Waals surface area (Å²) in [6.45, 7) is 4.10. The Morgan fingerprint density at radius 2 is 2.00 bits per heavy atom. The molecule has 140 valence electrons. The number of nitrogens with one attached hydrogen (secondary N) is 1. The van der Waals surface area contributed by atoms with Gasteiger partial charge in [-0.25, -0.2) is 9.67 Å². The number of aryl methyl sites for hydroxylation is 3. The molecule has 0 spiro atoms. The lowest BCUT2D eigenvalue weighted by molar-refractivity contribution is -0.120. The maximum atomic E-state index is 11.8. The molecule has 0 aliphatic heterocycles. The Morgan fingerprint density at radius 1 is 1.22 bits per heavy atom. The number of amides is 1. The molecule has 2 heterocycles. The normalized spacial score (nSPS) is 13.8. The van der Waals surface area contributed by atoms with Gasteiger partial charge in [0, 0.05) is 25.7 Å². The molecule has 4 rings (SSSR count). The van der Waals surface area contributed by atoms with Crippen molar-refractivity contribution in [2.75, 3.05) is 7.05 Å². The molecular weight excluding hydrogens is 340 g/mol. The Morgan fingerprint density at radius 3 is 2.70 bits per heavy atom. The molecule has 27 heavy (non-hydrogen) atoms. The van der Waals surface area contributed by atoms with Crippen molar-refractivity contribution in [2.24, 2.45) is 7.05 Å². The Bertz CT molecular complexity index is 1010. The third-order valence-electron chi connectivity index (χ3n) is 4.98. The first-order valence-corrected chi connectivity index (χ1v) is 9.24. The zero-order valence-corrected chi connectivity index (χ0v) is 16.2. The van der Waals surface area contributed by atoms with Crippen LogP contribution in [0.5, 0.6) is 0 Å². The van der Waals surface area contributed by atoms with E-state index in [1.165, 1.54) is 18.5 Å². The molecule has 0 saturated heterocycles. The number of hydrogen-bond acceptors (Lipinski definition) is 4. The van der Waals surface area contributed by atoms with Gasteiger partial charge in [0.15, 0.2) is 11.6 Å². The highest BCUT2D eigenvalue weighted by Crippen LogP contribution is 2.41. The van der Waals surface area contributed by atoms with Crippen LogP contribution in [0.15, 0.2) is 24.3 Å². The molecule has 1 saturated carbocycles. The Balaban J connectivity index is 1.84. The molecule has 0 atom stereocenters.